The number of thioether (sulfide) groups is 1. The zero-order chi connectivity index (χ0) is 11.5. The average molecular weight is 238 g/mol. The Morgan fingerprint density at radius 1 is 1.56 bits per heavy atom. The van der Waals surface area contributed by atoms with Crippen LogP contribution >= 0.6 is 11.8 Å². The molecule has 2 atom stereocenters. The highest BCUT2D eigenvalue weighted by molar-refractivity contribution is 7.99. The van der Waals surface area contributed by atoms with E-state index in [4.69, 9.17) is 0 Å². The van der Waals surface area contributed by atoms with Gasteiger partial charge in [0.05, 0.1) is 6.10 Å². The zero-order valence-corrected chi connectivity index (χ0v) is 10.6. The summed E-state index contributed by atoms with van der Waals surface area (Å²) in [6, 6.07) is 4.51. The Kier molecular flexibility index (Phi) is 3.71. The lowest BCUT2D eigenvalue weighted by molar-refractivity contribution is 0.199. The number of hydrogen-bond donors (Lipinski definition) is 1. The van der Waals surface area contributed by atoms with Gasteiger partial charge in [0, 0.05) is 30.3 Å². The van der Waals surface area contributed by atoms with Crippen LogP contribution in [-0.4, -0.2) is 34.2 Å². The Bertz CT molecular complexity index is 339. The van der Waals surface area contributed by atoms with Crippen LogP contribution in [0.4, 0.5) is 5.82 Å². The van der Waals surface area contributed by atoms with Crippen molar-refractivity contribution in [2.75, 3.05) is 23.0 Å². The number of pyridine rings is 1. The van der Waals surface area contributed by atoms with Crippen LogP contribution in [0.1, 0.15) is 25.5 Å². The highest BCUT2D eigenvalue weighted by Crippen LogP contribution is 2.23. The Morgan fingerprint density at radius 3 is 2.94 bits per heavy atom. The lowest BCUT2D eigenvalue weighted by Gasteiger charge is -2.34. The lowest BCUT2D eigenvalue weighted by atomic mass is 10.2. The monoisotopic (exact) mass is 238 g/mol. The van der Waals surface area contributed by atoms with E-state index in [-0.39, 0.29) is 0 Å². The smallest absolute Gasteiger partial charge is 0.128 e. The fourth-order valence-corrected chi connectivity index (χ4v) is 2.90. The van der Waals surface area contributed by atoms with Crippen molar-refractivity contribution in [1.82, 2.24) is 4.98 Å². The van der Waals surface area contributed by atoms with Gasteiger partial charge in [0.2, 0.25) is 0 Å². The SMILES string of the molecule is CC1CSCCN1c1ccc([C@@H](C)O)cn1. The van der Waals surface area contributed by atoms with Gasteiger partial charge in [-0.05, 0) is 25.5 Å². The van der Waals surface area contributed by atoms with Crippen molar-refractivity contribution >= 4 is 17.6 Å². The molecular weight excluding hydrogens is 220 g/mol. The summed E-state index contributed by atoms with van der Waals surface area (Å²) in [7, 11) is 0. The van der Waals surface area contributed by atoms with Gasteiger partial charge in [-0.15, -0.1) is 0 Å². The second kappa shape index (κ2) is 5.06. The van der Waals surface area contributed by atoms with Crippen LogP contribution in [-0.2, 0) is 0 Å². The average Bonchev–Trinajstić information content (AvgIpc) is 2.30. The molecule has 1 aliphatic heterocycles. The van der Waals surface area contributed by atoms with E-state index in [2.05, 4.69) is 16.8 Å². The largest absolute Gasteiger partial charge is 0.389 e. The first-order chi connectivity index (χ1) is 7.68. The summed E-state index contributed by atoms with van der Waals surface area (Å²) in [5, 5.41) is 9.42. The molecule has 1 saturated heterocycles. The first kappa shape index (κ1) is 11.7. The zero-order valence-electron chi connectivity index (χ0n) is 9.76. The van der Waals surface area contributed by atoms with E-state index in [0.29, 0.717) is 6.04 Å². The van der Waals surface area contributed by atoms with E-state index in [9.17, 15) is 5.11 Å². The normalized spacial score (nSPS) is 23.2. The fourth-order valence-electron chi connectivity index (χ4n) is 1.88. The van der Waals surface area contributed by atoms with Crippen LogP contribution < -0.4 is 4.90 Å². The molecule has 1 aliphatic rings. The summed E-state index contributed by atoms with van der Waals surface area (Å²) in [5.74, 6) is 3.36. The summed E-state index contributed by atoms with van der Waals surface area (Å²) < 4.78 is 0. The highest BCUT2D eigenvalue weighted by atomic mass is 32.2. The molecule has 16 heavy (non-hydrogen) atoms. The molecule has 88 valence electrons. The van der Waals surface area contributed by atoms with Crippen LogP contribution in [0.2, 0.25) is 0 Å². The van der Waals surface area contributed by atoms with Gasteiger partial charge in [0.25, 0.3) is 0 Å². The molecule has 0 aliphatic carbocycles. The predicted molar refractivity (Wildman–Crippen MR) is 69.0 cm³/mol. The number of aliphatic hydroxyl groups excluding tert-OH is 1. The Balaban J connectivity index is 2.14. The van der Waals surface area contributed by atoms with Gasteiger partial charge in [0.1, 0.15) is 5.82 Å². The van der Waals surface area contributed by atoms with Gasteiger partial charge in [-0.25, -0.2) is 4.98 Å². The molecule has 0 radical (unpaired) electrons. The molecule has 1 aromatic rings. The van der Waals surface area contributed by atoms with Crippen molar-refractivity contribution in [3.05, 3.63) is 23.9 Å². The molecule has 2 rings (SSSR count). The summed E-state index contributed by atoms with van der Waals surface area (Å²) in [4.78, 5) is 6.77. The van der Waals surface area contributed by atoms with Crippen LogP contribution in [0, 0.1) is 0 Å². The van der Waals surface area contributed by atoms with Crippen molar-refractivity contribution in [1.29, 1.82) is 0 Å². The van der Waals surface area contributed by atoms with Gasteiger partial charge in [0.15, 0.2) is 0 Å². The maximum Gasteiger partial charge on any atom is 0.128 e. The minimum Gasteiger partial charge on any atom is -0.389 e. The number of anilines is 1. The molecule has 4 heteroatoms. The summed E-state index contributed by atoms with van der Waals surface area (Å²) in [6.45, 7) is 5.06. The van der Waals surface area contributed by atoms with E-state index in [1.54, 1.807) is 13.1 Å². The minimum atomic E-state index is -0.434. The molecule has 1 fully saturated rings. The molecule has 0 saturated carbocycles. The third-order valence-corrected chi connectivity index (χ3v) is 4.10. The van der Waals surface area contributed by atoms with Crippen molar-refractivity contribution in [2.45, 2.75) is 26.0 Å². The van der Waals surface area contributed by atoms with E-state index in [1.165, 1.54) is 11.5 Å². The molecule has 0 amide bonds. The van der Waals surface area contributed by atoms with Gasteiger partial charge < -0.3 is 10.0 Å². The third-order valence-electron chi connectivity index (χ3n) is 2.92. The van der Waals surface area contributed by atoms with Crippen molar-refractivity contribution < 1.29 is 5.11 Å². The van der Waals surface area contributed by atoms with E-state index < -0.39 is 6.10 Å². The molecule has 1 unspecified atom stereocenters. The van der Waals surface area contributed by atoms with E-state index in [0.717, 1.165) is 17.9 Å². The number of nitrogens with zero attached hydrogens (tertiary/aromatic N) is 2. The van der Waals surface area contributed by atoms with Crippen LogP contribution in [0.3, 0.4) is 0 Å². The Hall–Kier alpha value is -0.740. The van der Waals surface area contributed by atoms with Crippen LogP contribution in [0.15, 0.2) is 18.3 Å². The highest BCUT2D eigenvalue weighted by Gasteiger charge is 2.19. The van der Waals surface area contributed by atoms with Crippen molar-refractivity contribution in [2.24, 2.45) is 0 Å². The Labute approximate surface area is 101 Å². The maximum absolute atomic E-state index is 9.42. The van der Waals surface area contributed by atoms with Crippen LogP contribution in [0.5, 0.6) is 0 Å². The van der Waals surface area contributed by atoms with Gasteiger partial charge in [-0.2, -0.15) is 11.8 Å². The van der Waals surface area contributed by atoms with E-state index >= 15 is 0 Å². The summed E-state index contributed by atoms with van der Waals surface area (Å²) >= 11 is 2.00. The predicted octanol–water partition coefficient (Wildman–Crippen LogP) is 2.08. The number of rotatable bonds is 2. The topological polar surface area (TPSA) is 36.4 Å². The molecule has 2 heterocycles. The van der Waals surface area contributed by atoms with Crippen molar-refractivity contribution in [3.8, 4) is 0 Å². The fraction of sp³-hybridized carbons (Fsp3) is 0.583. The first-order valence-electron chi connectivity index (χ1n) is 5.67. The molecule has 0 bridgehead atoms. The maximum atomic E-state index is 9.42. The molecule has 1 N–H and O–H groups in total. The second-order valence-corrected chi connectivity index (χ2v) is 5.39. The molecule has 0 spiro atoms. The standard InChI is InChI=1S/C12H18N2OS/c1-9-8-16-6-5-14(9)12-4-3-11(7-13-12)10(2)15/h3-4,7,9-10,15H,5-6,8H2,1-2H3/t9?,10-/m1/s1. The lowest BCUT2D eigenvalue weighted by Crippen LogP contribution is -2.40. The number of hydrogen-bond acceptors (Lipinski definition) is 4. The van der Waals surface area contributed by atoms with Gasteiger partial charge in [-0.3, -0.25) is 0 Å². The number of aliphatic hydroxyl groups is 1. The molecule has 1 aromatic heterocycles. The summed E-state index contributed by atoms with van der Waals surface area (Å²) in [6.07, 6.45) is 1.34. The minimum absolute atomic E-state index is 0.434. The van der Waals surface area contributed by atoms with Gasteiger partial charge >= 0.3 is 0 Å². The van der Waals surface area contributed by atoms with Gasteiger partial charge in [-0.1, -0.05) is 6.07 Å². The molecule has 3 nitrogen and oxygen atoms in total. The quantitative estimate of drug-likeness (QED) is 0.856. The second-order valence-electron chi connectivity index (χ2n) is 4.24. The molecular formula is C12H18N2OS. The summed E-state index contributed by atoms with van der Waals surface area (Å²) in [5.41, 5.74) is 0.878. The number of aromatic nitrogens is 1. The van der Waals surface area contributed by atoms with E-state index in [1.807, 2.05) is 23.9 Å². The van der Waals surface area contributed by atoms with Crippen molar-refractivity contribution in [3.63, 3.8) is 0 Å². The first-order valence-corrected chi connectivity index (χ1v) is 6.82. The Morgan fingerprint density at radius 2 is 2.38 bits per heavy atom. The molecule has 0 aromatic carbocycles. The van der Waals surface area contributed by atoms with Crippen LogP contribution in [0.25, 0.3) is 0 Å². The third kappa shape index (κ3) is 2.50.